The molecule has 0 aliphatic carbocycles. The minimum atomic E-state index is -0.169. The van der Waals surface area contributed by atoms with Gasteiger partial charge in [0, 0.05) is 5.56 Å². The number of anilines is 1. The molecule has 0 fully saturated rings. The lowest BCUT2D eigenvalue weighted by Crippen LogP contribution is -2.28. The number of carbonyl (C=O) groups is 1. The fourth-order valence-electron chi connectivity index (χ4n) is 2.40. The monoisotopic (exact) mass is 287 g/mol. The Labute approximate surface area is 124 Å². The number of hydrogen-bond acceptors (Lipinski definition) is 4. The summed E-state index contributed by atoms with van der Waals surface area (Å²) < 4.78 is 5.50. The van der Waals surface area contributed by atoms with Gasteiger partial charge in [-0.2, -0.15) is 0 Å². The molecule has 2 aromatic rings. The summed E-state index contributed by atoms with van der Waals surface area (Å²) >= 11 is 0. The number of nitrogens with one attached hydrogen (secondary N) is 2. The quantitative estimate of drug-likeness (QED) is 0.596. The van der Waals surface area contributed by atoms with Gasteiger partial charge < -0.3 is 15.2 Å². The fourth-order valence-corrected chi connectivity index (χ4v) is 2.40. The van der Waals surface area contributed by atoms with E-state index in [-0.39, 0.29) is 11.9 Å². The minimum Gasteiger partial charge on any atom is -0.466 e. The summed E-state index contributed by atoms with van der Waals surface area (Å²) in [6.07, 6.45) is 0. The third kappa shape index (κ3) is 3.25. The van der Waals surface area contributed by atoms with Gasteiger partial charge in [-0.25, -0.2) is 0 Å². The molecule has 5 heteroatoms. The van der Waals surface area contributed by atoms with E-state index in [0.717, 1.165) is 22.6 Å². The second-order valence-electron chi connectivity index (χ2n) is 5.26. The van der Waals surface area contributed by atoms with Gasteiger partial charge in [0.15, 0.2) is 0 Å². The molecule has 112 valence electrons. The van der Waals surface area contributed by atoms with Gasteiger partial charge in [-0.3, -0.25) is 10.6 Å². The van der Waals surface area contributed by atoms with Crippen LogP contribution in [0.3, 0.4) is 0 Å². The first-order chi connectivity index (χ1) is 9.92. The van der Waals surface area contributed by atoms with E-state index >= 15 is 0 Å². The van der Waals surface area contributed by atoms with E-state index < -0.39 is 0 Å². The standard InChI is InChI=1S/C16H21N3O2/c1-9-5-6-15(19-17)14(7-9)16(20)18-11(3)13-8-10(2)21-12(13)4/h5-8,11,19H,17H2,1-4H3,(H,18,20). The third-order valence-corrected chi connectivity index (χ3v) is 3.47. The van der Waals surface area contributed by atoms with Crippen LogP contribution in [0.15, 0.2) is 28.7 Å². The molecule has 4 N–H and O–H groups in total. The predicted molar refractivity (Wildman–Crippen MR) is 83.1 cm³/mol. The maximum absolute atomic E-state index is 12.4. The molecule has 0 aliphatic rings. The molecule has 0 saturated heterocycles. The Bertz CT molecular complexity index is 662. The van der Waals surface area contributed by atoms with Crippen LogP contribution in [0.4, 0.5) is 5.69 Å². The molecule has 0 aliphatic heterocycles. The van der Waals surface area contributed by atoms with Crippen molar-refractivity contribution in [1.82, 2.24) is 5.32 Å². The molecule has 0 radical (unpaired) electrons. The van der Waals surface area contributed by atoms with Crippen LogP contribution in [0.2, 0.25) is 0 Å². The first-order valence-corrected chi connectivity index (χ1v) is 6.87. The molecule has 0 bridgehead atoms. The van der Waals surface area contributed by atoms with E-state index in [9.17, 15) is 4.79 Å². The highest BCUT2D eigenvalue weighted by molar-refractivity contribution is 6.00. The summed E-state index contributed by atoms with van der Waals surface area (Å²) in [5.41, 5.74) is 5.67. The predicted octanol–water partition coefficient (Wildman–Crippen LogP) is 2.98. The SMILES string of the molecule is Cc1ccc(NN)c(C(=O)NC(C)c2cc(C)oc2C)c1. The fraction of sp³-hybridized carbons (Fsp3) is 0.312. The minimum absolute atomic E-state index is 0.138. The topological polar surface area (TPSA) is 80.3 Å². The zero-order valence-corrected chi connectivity index (χ0v) is 12.8. The third-order valence-electron chi connectivity index (χ3n) is 3.47. The number of furan rings is 1. The van der Waals surface area contributed by atoms with Gasteiger partial charge in [0.2, 0.25) is 0 Å². The number of rotatable bonds is 4. The van der Waals surface area contributed by atoms with Crippen LogP contribution in [0.1, 0.15) is 46.0 Å². The average Bonchev–Trinajstić information content (AvgIpc) is 2.77. The van der Waals surface area contributed by atoms with Crippen molar-refractivity contribution in [1.29, 1.82) is 0 Å². The summed E-state index contributed by atoms with van der Waals surface area (Å²) in [6.45, 7) is 7.65. The summed E-state index contributed by atoms with van der Waals surface area (Å²) in [6, 6.07) is 7.31. The molecule has 1 aromatic carbocycles. The molecule has 1 unspecified atom stereocenters. The number of amides is 1. The number of hydrazine groups is 1. The zero-order chi connectivity index (χ0) is 15.6. The van der Waals surface area contributed by atoms with E-state index in [0.29, 0.717) is 11.3 Å². The Morgan fingerprint density at radius 1 is 1.24 bits per heavy atom. The highest BCUT2D eigenvalue weighted by Crippen LogP contribution is 2.23. The van der Waals surface area contributed by atoms with Crippen LogP contribution in [0.25, 0.3) is 0 Å². The summed E-state index contributed by atoms with van der Waals surface area (Å²) in [4.78, 5) is 12.4. The lowest BCUT2D eigenvalue weighted by atomic mass is 10.1. The van der Waals surface area contributed by atoms with Crippen molar-refractivity contribution in [3.63, 3.8) is 0 Å². The van der Waals surface area contributed by atoms with E-state index in [1.54, 1.807) is 6.07 Å². The summed E-state index contributed by atoms with van der Waals surface area (Å²) in [5, 5.41) is 2.97. The number of nitrogen functional groups attached to an aromatic ring is 1. The molecule has 0 spiro atoms. The zero-order valence-electron chi connectivity index (χ0n) is 12.8. The van der Waals surface area contributed by atoms with Crippen LogP contribution < -0.4 is 16.6 Å². The second kappa shape index (κ2) is 6.01. The smallest absolute Gasteiger partial charge is 0.253 e. The normalized spacial score (nSPS) is 12.0. The van der Waals surface area contributed by atoms with Crippen LogP contribution in [0.5, 0.6) is 0 Å². The molecule has 1 amide bonds. The van der Waals surface area contributed by atoms with E-state index in [1.807, 2.05) is 45.9 Å². The maximum Gasteiger partial charge on any atom is 0.253 e. The lowest BCUT2D eigenvalue weighted by molar-refractivity contribution is 0.0940. The van der Waals surface area contributed by atoms with Crippen molar-refractivity contribution in [3.8, 4) is 0 Å². The molecular weight excluding hydrogens is 266 g/mol. The van der Waals surface area contributed by atoms with Gasteiger partial charge in [-0.05, 0) is 45.9 Å². The summed E-state index contributed by atoms with van der Waals surface area (Å²) in [7, 11) is 0. The van der Waals surface area contributed by atoms with Crippen LogP contribution in [0, 0.1) is 20.8 Å². The second-order valence-corrected chi connectivity index (χ2v) is 5.26. The molecule has 2 rings (SSSR count). The molecule has 0 saturated carbocycles. The number of aryl methyl sites for hydroxylation is 3. The van der Waals surface area contributed by atoms with E-state index in [1.165, 1.54) is 0 Å². The van der Waals surface area contributed by atoms with Crippen molar-refractivity contribution in [2.75, 3.05) is 5.43 Å². The average molecular weight is 287 g/mol. The Kier molecular flexibility index (Phi) is 4.33. The first kappa shape index (κ1) is 15.1. The Morgan fingerprint density at radius 3 is 2.52 bits per heavy atom. The maximum atomic E-state index is 12.4. The largest absolute Gasteiger partial charge is 0.466 e. The number of benzene rings is 1. The van der Waals surface area contributed by atoms with Crippen molar-refractivity contribution < 1.29 is 9.21 Å². The molecule has 21 heavy (non-hydrogen) atoms. The van der Waals surface area contributed by atoms with Gasteiger partial charge >= 0.3 is 0 Å². The Balaban J connectivity index is 2.22. The highest BCUT2D eigenvalue weighted by Gasteiger charge is 2.18. The van der Waals surface area contributed by atoms with Gasteiger partial charge in [-0.15, -0.1) is 0 Å². The van der Waals surface area contributed by atoms with Gasteiger partial charge in [0.25, 0.3) is 5.91 Å². The first-order valence-electron chi connectivity index (χ1n) is 6.87. The van der Waals surface area contributed by atoms with Gasteiger partial charge in [-0.1, -0.05) is 11.6 Å². The molecule has 1 atom stereocenters. The van der Waals surface area contributed by atoms with E-state index in [2.05, 4.69) is 10.7 Å². The Hall–Kier alpha value is -2.27. The van der Waals surface area contributed by atoms with E-state index in [4.69, 9.17) is 10.3 Å². The molecule has 5 nitrogen and oxygen atoms in total. The van der Waals surface area contributed by atoms with Gasteiger partial charge in [0.1, 0.15) is 11.5 Å². The van der Waals surface area contributed by atoms with Crippen molar-refractivity contribution >= 4 is 11.6 Å². The van der Waals surface area contributed by atoms with Gasteiger partial charge in [0.05, 0.1) is 17.3 Å². The highest BCUT2D eigenvalue weighted by atomic mass is 16.3. The van der Waals surface area contributed by atoms with Crippen LogP contribution in [-0.2, 0) is 0 Å². The number of carbonyl (C=O) groups excluding carboxylic acids is 1. The number of nitrogens with two attached hydrogens (primary N) is 1. The van der Waals surface area contributed by atoms with Crippen molar-refractivity contribution in [3.05, 3.63) is 52.5 Å². The van der Waals surface area contributed by atoms with Crippen molar-refractivity contribution in [2.24, 2.45) is 5.84 Å². The lowest BCUT2D eigenvalue weighted by Gasteiger charge is -2.15. The van der Waals surface area contributed by atoms with Crippen molar-refractivity contribution in [2.45, 2.75) is 33.7 Å². The van der Waals surface area contributed by atoms with Crippen LogP contribution >= 0.6 is 0 Å². The molecule has 1 aromatic heterocycles. The summed E-state index contributed by atoms with van der Waals surface area (Å²) in [5.74, 6) is 6.95. The van der Waals surface area contributed by atoms with Crippen LogP contribution in [-0.4, -0.2) is 5.91 Å². The molecule has 1 heterocycles. The number of hydrogen-bond donors (Lipinski definition) is 3. The molecular formula is C16H21N3O2. The Morgan fingerprint density at radius 2 is 1.95 bits per heavy atom.